The van der Waals surface area contributed by atoms with Crippen LogP contribution in [0.4, 0.5) is 0 Å². The van der Waals surface area contributed by atoms with Gasteiger partial charge in [0.25, 0.3) is 0 Å². The number of hydrogen-bond donors (Lipinski definition) is 0. The Hall–Kier alpha value is -2.74. The molecular weight excluding hydrogens is 504 g/mol. The molecule has 0 aromatic heterocycles. The Kier molecular flexibility index (Phi) is 7.86. The Bertz CT molecular complexity index is 1260. The lowest BCUT2D eigenvalue weighted by atomic mass is 9.95. The van der Waals surface area contributed by atoms with Crippen LogP contribution in [-0.4, -0.2) is 45.3 Å². The van der Waals surface area contributed by atoms with Gasteiger partial charge in [0, 0.05) is 0 Å². The van der Waals surface area contributed by atoms with E-state index in [1.54, 1.807) is 6.08 Å². The second kappa shape index (κ2) is 11.0. The highest BCUT2D eigenvalue weighted by Crippen LogP contribution is 2.45. The van der Waals surface area contributed by atoms with Gasteiger partial charge in [0.05, 0.1) is 6.61 Å². The molecular formula is C33H40O5Si. The summed E-state index contributed by atoms with van der Waals surface area (Å²) in [6.07, 6.45) is 0.365. The standard InChI is InChI=1S/C33H40O5Si/c1-7-33(29(34-22-24-15-10-8-11-16-24)28-30(38-33)37-32(5,6)36-28)23-35-25-17-14-20-27(21-25)39(31(2,3)4)26-18-12-9-13-19-26/h7-21,28-30,39H,1,22-23H2,2-6H3. The number of ether oxygens (including phenoxy) is 5. The summed E-state index contributed by atoms with van der Waals surface area (Å²) in [7, 11) is -1.53. The lowest BCUT2D eigenvalue weighted by Gasteiger charge is -2.34. The third-order valence-electron chi connectivity index (χ3n) is 7.48. The van der Waals surface area contributed by atoms with E-state index in [4.69, 9.17) is 23.7 Å². The first-order chi connectivity index (χ1) is 18.6. The Morgan fingerprint density at radius 1 is 0.872 bits per heavy atom. The third kappa shape index (κ3) is 6.05. The highest BCUT2D eigenvalue weighted by atomic mass is 28.3. The zero-order valence-corrected chi connectivity index (χ0v) is 24.8. The SMILES string of the molecule is C=CC1(COc2cccc([SiH](c3ccccc3)C(C)(C)C)c2)OC2OC(C)(C)OC2C1OCc1ccccc1. The Morgan fingerprint density at radius 2 is 1.54 bits per heavy atom. The molecule has 3 aromatic rings. The summed E-state index contributed by atoms with van der Waals surface area (Å²) < 4.78 is 31.7. The molecule has 5 atom stereocenters. The van der Waals surface area contributed by atoms with Crippen LogP contribution in [0.2, 0.25) is 5.04 Å². The number of rotatable bonds is 9. The normalized spacial score (nSPS) is 26.6. The number of benzene rings is 3. The summed E-state index contributed by atoms with van der Waals surface area (Å²) in [5.41, 5.74) is 0.140. The molecule has 2 saturated heterocycles. The van der Waals surface area contributed by atoms with Gasteiger partial charge in [-0.2, -0.15) is 0 Å². The van der Waals surface area contributed by atoms with Gasteiger partial charge < -0.3 is 23.7 Å². The van der Waals surface area contributed by atoms with E-state index in [0.717, 1.165) is 11.3 Å². The average Bonchev–Trinajstić information content (AvgIpc) is 3.35. The molecule has 0 spiro atoms. The number of hydrogen-bond acceptors (Lipinski definition) is 5. The zero-order valence-electron chi connectivity index (χ0n) is 23.6. The van der Waals surface area contributed by atoms with Crippen molar-refractivity contribution in [3.8, 4) is 5.75 Å². The average molecular weight is 545 g/mol. The van der Waals surface area contributed by atoms with E-state index in [2.05, 4.69) is 75.9 Å². The first-order valence-electron chi connectivity index (χ1n) is 13.7. The summed E-state index contributed by atoms with van der Waals surface area (Å²) in [6.45, 7) is 15.6. The highest BCUT2D eigenvalue weighted by molar-refractivity contribution is 6.87. The summed E-state index contributed by atoms with van der Waals surface area (Å²) in [5, 5.41) is 2.92. The highest BCUT2D eigenvalue weighted by Gasteiger charge is 2.62. The topological polar surface area (TPSA) is 46.2 Å². The molecule has 5 nitrogen and oxygen atoms in total. The number of fused-ring (bicyclic) bond motifs is 1. The Balaban J connectivity index is 1.38. The van der Waals surface area contributed by atoms with Crippen molar-refractivity contribution in [2.24, 2.45) is 0 Å². The third-order valence-corrected chi connectivity index (χ3v) is 11.3. The van der Waals surface area contributed by atoms with Crippen molar-refractivity contribution < 1.29 is 23.7 Å². The maximum Gasteiger partial charge on any atom is 0.191 e. The van der Waals surface area contributed by atoms with Gasteiger partial charge in [-0.05, 0) is 36.6 Å². The predicted molar refractivity (Wildman–Crippen MR) is 157 cm³/mol. The lowest BCUT2D eigenvalue weighted by Crippen LogP contribution is -2.50. The van der Waals surface area contributed by atoms with Crippen LogP contribution in [-0.2, 0) is 25.6 Å². The fraction of sp³-hybridized carbons (Fsp3) is 0.394. The van der Waals surface area contributed by atoms with Crippen LogP contribution in [0.5, 0.6) is 5.75 Å². The second-order valence-electron chi connectivity index (χ2n) is 12.0. The molecule has 5 unspecified atom stereocenters. The minimum absolute atomic E-state index is 0.159. The van der Waals surface area contributed by atoms with Gasteiger partial charge in [0.2, 0.25) is 0 Å². The van der Waals surface area contributed by atoms with Crippen molar-refractivity contribution >= 4 is 19.2 Å². The molecule has 206 valence electrons. The van der Waals surface area contributed by atoms with Crippen LogP contribution in [0.25, 0.3) is 0 Å². The molecule has 0 N–H and O–H groups in total. The molecule has 2 fully saturated rings. The molecule has 2 aliphatic rings. The van der Waals surface area contributed by atoms with E-state index < -0.39 is 38.7 Å². The molecule has 39 heavy (non-hydrogen) atoms. The largest absolute Gasteiger partial charge is 0.490 e. The maximum atomic E-state index is 6.48. The van der Waals surface area contributed by atoms with E-state index in [1.807, 2.05) is 50.2 Å². The van der Waals surface area contributed by atoms with Crippen LogP contribution in [0.15, 0.2) is 97.6 Å². The quantitative estimate of drug-likeness (QED) is 0.273. The fourth-order valence-electron chi connectivity index (χ4n) is 5.77. The minimum Gasteiger partial charge on any atom is -0.490 e. The summed E-state index contributed by atoms with van der Waals surface area (Å²) >= 11 is 0. The zero-order chi connectivity index (χ0) is 27.7. The predicted octanol–water partition coefficient (Wildman–Crippen LogP) is 5.22. The molecule has 2 aliphatic heterocycles. The minimum atomic E-state index is -1.53. The van der Waals surface area contributed by atoms with Crippen molar-refractivity contribution in [1.82, 2.24) is 0 Å². The first-order valence-corrected chi connectivity index (χ1v) is 15.4. The van der Waals surface area contributed by atoms with Gasteiger partial charge in [-0.3, -0.25) is 0 Å². The molecule has 3 aromatic carbocycles. The second-order valence-corrected chi connectivity index (χ2v) is 16.0. The summed E-state index contributed by atoms with van der Waals surface area (Å²) in [4.78, 5) is 0. The van der Waals surface area contributed by atoms with Gasteiger partial charge in [-0.15, -0.1) is 0 Å². The lowest BCUT2D eigenvalue weighted by molar-refractivity contribution is -0.238. The Morgan fingerprint density at radius 3 is 2.21 bits per heavy atom. The van der Waals surface area contributed by atoms with Crippen LogP contribution in [0, 0.1) is 0 Å². The van der Waals surface area contributed by atoms with E-state index in [-0.39, 0.29) is 11.6 Å². The van der Waals surface area contributed by atoms with E-state index in [1.165, 1.54) is 10.4 Å². The van der Waals surface area contributed by atoms with Crippen molar-refractivity contribution in [3.63, 3.8) is 0 Å². The van der Waals surface area contributed by atoms with Crippen LogP contribution < -0.4 is 15.1 Å². The van der Waals surface area contributed by atoms with Crippen LogP contribution in [0.1, 0.15) is 40.2 Å². The molecule has 0 saturated carbocycles. The molecule has 5 rings (SSSR count). The first kappa shape index (κ1) is 27.8. The van der Waals surface area contributed by atoms with Crippen LogP contribution >= 0.6 is 0 Å². The van der Waals surface area contributed by atoms with Crippen LogP contribution in [0.3, 0.4) is 0 Å². The van der Waals surface area contributed by atoms with Crippen molar-refractivity contribution in [3.05, 3.63) is 103 Å². The Labute approximate surface area is 234 Å². The fourth-order valence-corrected chi connectivity index (χ4v) is 9.39. The molecule has 0 bridgehead atoms. The molecule has 0 aliphatic carbocycles. The molecule has 0 radical (unpaired) electrons. The van der Waals surface area contributed by atoms with Gasteiger partial charge in [0.15, 0.2) is 17.7 Å². The van der Waals surface area contributed by atoms with Gasteiger partial charge in [-0.1, -0.05) is 117 Å². The molecule has 2 heterocycles. The molecule has 0 amide bonds. The van der Waals surface area contributed by atoms with Crippen molar-refractivity contribution in [1.29, 1.82) is 0 Å². The van der Waals surface area contributed by atoms with Gasteiger partial charge >= 0.3 is 0 Å². The van der Waals surface area contributed by atoms with E-state index in [9.17, 15) is 0 Å². The smallest absolute Gasteiger partial charge is 0.191 e. The maximum absolute atomic E-state index is 6.48. The van der Waals surface area contributed by atoms with Crippen molar-refractivity contribution in [2.45, 2.75) is 76.1 Å². The van der Waals surface area contributed by atoms with Gasteiger partial charge in [-0.25, -0.2) is 0 Å². The van der Waals surface area contributed by atoms with E-state index >= 15 is 0 Å². The van der Waals surface area contributed by atoms with Crippen molar-refractivity contribution in [2.75, 3.05) is 6.61 Å². The van der Waals surface area contributed by atoms with E-state index in [0.29, 0.717) is 6.61 Å². The monoisotopic (exact) mass is 544 g/mol. The summed E-state index contributed by atoms with van der Waals surface area (Å²) in [5.74, 6) is 0.0482. The summed E-state index contributed by atoms with van der Waals surface area (Å²) in [6, 6.07) is 29.5. The molecule has 6 heteroatoms. The van der Waals surface area contributed by atoms with Gasteiger partial charge in [0.1, 0.15) is 33.4 Å².